The number of anilines is 1. The van der Waals surface area contributed by atoms with Crippen LogP contribution in [0.4, 0.5) is 5.69 Å². The van der Waals surface area contributed by atoms with Gasteiger partial charge in [-0.3, -0.25) is 0 Å². The minimum atomic E-state index is -1.03. The zero-order valence-corrected chi connectivity index (χ0v) is 9.43. The Labute approximate surface area is 94.5 Å². The summed E-state index contributed by atoms with van der Waals surface area (Å²) in [7, 11) is 0. The molecule has 1 aromatic rings. The summed E-state index contributed by atoms with van der Waals surface area (Å²) in [6, 6.07) is 3.38. The number of carboxylic acids is 1. The van der Waals surface area contributed by atoms with Crippen LogP contribution >= 0.6 is 0 Å². The first-order valence-corrected chi connectivity index (χ1v) is 5.15. The zero-order chi connectivity index (χ0) is 12.0. The van der Waals surface area contributed by atoms with E-state index in [1.807, 2.05) is 13.8 Å². The van der Waals surface area contributed by atoms with Crippen LogP contribution in [0, 0.1) is 0 Å². The van der Waals surface area contributed by atoms with Crippen molar-refractivity contribution in [3.63, 3.8) is 0 Å². The Kier molecular flexibility index (Phi) is 4.72. The summed E-state index contributed by atoms with van der Waals surface area (Å²) in [5.74, 6) is -1.03. The molecule has 1 heterocycles. The lowest BCUT2D eigenvalue weighted by Gasteiger charge is -2.10. The Balaban J connectivity index is 2.50. The highest BCUT2D eigenvalue weighted by Crippen LogP contribution is 2.11. The molecule has 1 rings (SSSR count). The van der Waals surface area contributed by atoms with Gasteiger partial charge in [0.05, 0.1) is 18.4 Å². The molecule has 0 radical (unpaired) electrons. The molecule has 0 bridgehead atoms. The summed E-state index contributed by atoms with van der Waals surface area (Å²) in [5.41, 5.74) is 0.550. The number of nitrogens with one attached hydrogen (secondary N) is 1. The molecule has 1 aromatic heterocycles. The van der Waals surface area contributed by atoms with E-state index < -0.39 is 5.97 Å². The van der Waals surface area contributed by atoms with Crippen molar-refractivity contribution in [2.24, 2.45) is 0 Å². The summed E-state index contributed by atoms with van der Waals surface area (Å²) in [6.45, 7) is 5.00. The first-order valence-electron chi connectivity index (χ1n) is 5.15. The number of hydrogen-bond acceptors (Lipinski definition) is 4. The number of rotatable bonds is 6. The highest BCUT2D eigenvalue weighted by molar-refractivity contribution is 5.91. The summed E-state index contributed by atoms with van der Waals surface area (Å²) in [4.78, 5) is 14.6. The van der Waals surface area contributed by atoms with Gasteiger partial charge in [-0.2, -0.15) is 0 Å². The molecule has 0 amide bonds. The quantitative estimate of drug-likeness (QED) is 0.718. The third kappa shape index (κ3) is 3.86. The van der Waals surface area contributed by atoms with Gasteiger partial charge < -0.3 is 15.2 Å². The number of aromatic carboxylic acids is 1. The summed E-state index contributed by atoms with van der Waals surface area (Å²) < 4.78 is 5.33. The minimum Gasteiger partial charge on any atom is -0.476 e. The Morgan fingerprint density at radius 1 is 1.62 bits per heavy atom. The molecule has 0 aliphatic heterocycles. The second kappa shape index (κ2) is 6.07. The van der Waals surface area contributed by atoms with Crippen molar-refractivity contribution in [1.82, 2.24) is 4.98 Å². The molecule has 0 fully saturated rings. The largest absolute Gasteiger partial charge is 0.476 e. The van der Waals surface area contributed by atoms with E-state index in [1.165, 1.54) is 6.20 Å². The van der Waals surface area contributed by atoms with Crippen molar-refractivity contribution in [1.29, 1.82) is 0 Å². The predicted molar refractivity (Wildman–Crippen MR) is 60.8 cm³/mol. The van der Waals surface area contributed by atoms with E-state index in [0.717, 1.165) is 0 Å². The van der Waals surface area contributed by atoms with Crippen molar-refractivity contribution in [3.05, 3.63) is 24.0 Å². The Morgan fingerprint density at radius 3 is 3.00 bits per heavy atom. The van der Waals surface area contributed by atoms with Gasteiger partial charge >= 0.3 is 5.97 Å². The van der Waals surface area contributed by atoms with E-state index in [-0.39, 0.29) is 11.8 Å². The lowest BCUT2D eigenvalue weighted by Crippen LogP contribution is -2.15. The fourth-order valence-electron chi connectivity index (χ4n) is 1.20. The van der Waals surface area contributed by atoms with Crippen LogP contribution in [0.15, 0.2) is 18.3 Å². The van der Waals surface area contributed by atoms with Gasteiger partial charge in [0.15, 0.2) is 5.69 Å². The molecule has 5 heteroatoms. The SMILES string of the molecule is CC(C)OCCNc1cccnc1C(=O)O. The maximum atomic E-state index is 10.8. The molecule has 0 aliphatic rings. The normalized spacial score (nSPS) is 10.4. The topological polar surface area (TPSA) is 71.5 Å². The number of pyridine rings is 1. The third-order valence-electron chi connectivity index (χ3n) is 1.88. The number of aromatic nitrogens is 1. The number of nitrogens with zero attached hydrogens (tertiary/aromatic N) is 1. The Hall–Kier alpha value is -1.62. The van der Waals surface area contributed by atoms with E-state index in [2.05, 4.69) is 10.3 Å². The number of hydrogen-bond donors (Lipinski definition) is 2. The molecule has 0 saturated heterocycles. The van der Waals surface area contributed by atoms with Crippen LogP contribution < -0.4 is 5.32 Å². The fourth-order valence-corrected chi connectivity index (χ4v) is 1.20. The van der Waals surface area contributed by atoms with Crippen molar-refractivity contribution < 1.29 is 14.6 Å². The van der Waals surface area contributed by atoms with E-state index in [0.29, 0.717) is 18.8 Å². The summed E-state index contributed by atoms with van der Waals surface area (Å²) >= 11 is 0. The molecule has 0 spiro atoms. The fraction of sp³-hybridized carbons (Fsp3) is 0.455. The second-order valence-electron chi connectivity index (χ2n) is 3.55. The van der Waals surface area contributed by atoms with Crippen LogP contribution in [0.3, 0.4) is 0 Å². The average molecular weight is 224 g/mol. The van der Waals surface area contributed by atoms with E-state index in [9.17, 15) is 4.79 Å². The van der Waals surface area contributed by atoms with E-state index in [1.54, 1.807) is 12.1 Å². The second-order valence-corrected chi connectivity index (χ2v) is 3.55. The van der Waals surface area contributed by atoms with Crippen molar-refractivity contribution in [2.75, 3.05) is 18.5 Å². The Bertz CT molecular complexity index is 353. The smallest absolute Gasteiger partial charge is 0.356 e. The van der Waals surface area contributed by atoms with Gasteiger partial charge in [0.1, 0.15) is 0 Å². The summed E-state index contributed by atoms with van der Waals surface area (Å²) in [5, 5.41) is 11.9. The molecule has 5 nitrogen and oxygen atoms in total. The van der Waals surface area contributed by atoms with E-state index >= 15 is 0 Å². The van der Waals surface area contributed by atoms with Gasteiger partial charge in [-0.25, -0.2) is 9.78 Å². The van der Waals surface area contributed by atoms with Crippen molar-refractivity contribution in [3.8, 4) is 0 Å². The molecule has 0 unspecified atom stereocenters. The third-order valence-corrected chi connectivity index (χ3v) is 1.88. The minimum absolute atomic E-state index is 0.0343. The van der Waals surface area contributed by atoms with Crippen LogP contribution in [0.25, 0.3) is 0 Å². The molecule has 16 heavy (non-hydrogen) atoms. The molecule has 0 saturated carbocycles. The van der Waals surface area contributed by atoms with E-state index in [4.69, 9.17) is 9.84 Å². The summed E-state index contributed by atoms with van der Waals surface area (Å²) in [6.07, 6.45) is 1.63. The number of carbonyl (C=O) groups is 1. The zero-order valence-electron chi connectivity index (χ0n) is 9.43. The van der Waals surface area contributed by atoms with Gasteiger partial charge in [0, 0.05) is 12.7 Å². The van der Waals surface area contributed by atoms with Crippen molar-refractivity contribution in [2.45, 2.75) is 20.0 Å². The highest BCUT2D eigenvalue weighted by atomic mass is 16.5. The molecule has 0 aliphatic carbocycles. The first kappa shape index (κ1) is 12.4. The monoisotopic (exact) mass is 224 g/mol. The maximum absolute atomic E-state index is 10.8. The molecular weight excluding hydrogens is 208 g/mol. The lowest BCUT2D eigenvalue weighted by molar-refractivity contribution is 0.0690. The first-order chi connectivity index (χ1) is 7.61. The number of ether oxygens (including phenoxy) is 1. The maximum Gasteiger partial charge on any atom is 0.356 e. The molecule has 0 atom stereocenters. The van der Waals surface area contributed by atoms with Gasteiger partial charge in [-0.15, -0.1) is 0 Å². The van der Waals surface area contributed by atoms with Crippen LogP contribution in [0.1, 0.15) is 24.3 Å². The van der Waals surface area contributed by atoms with Crippen LogP contribution in [-0.4, -0.2) is 35.3 Å². The number of carboxylic acid groups (broad SMARTS) is 1. The van der Waals surface area contributed by atoms with Crippen molar-refractivity contribution >= 4 is 11.7 Å². The molecule has 88 valence electrons. The highest BCUT2D eigenvalue weighted by Gasteiger charge is 2.09. The van der Waals surface area contributed by atoms with Crippen LogP contribution in [0.5, 0.6) is 0 Å². The van der Waals surface area contributed by atoms with Crippen LogP contribution in [-0.2, 0) is 4.74 Å². The molecule has 0 aromatic carbocycles. The van der Waals surface area contributed by atoms with Gasteiger partial charge in [-0.05, 0) is 26.0 Å². The van der Waals surface area contributed by atoms with Gasteiger partial charge in [0.2, 0.25) is 0 Å². The molecule has 2 N–H and O–H groups in total. The molecular formula is C11H16N2O3. The Morgan fingerprint density at radius 2 is 2.38 bits per heavy atom. The standard InChI is InChI=1S/C11H16N2O3/c1-8(2)16-7-6-12-9-4-3-5-13-10(9)11(14)15/h3-5,8,12H,6-7H2,1-2H3,(H,14,15). The van der Waals surface area contributed by atoms with Gasteiger partial charge in [0.25, 0.3) is 0 Å². The predicted octanol–water partition coefficient (Wildman–Crippen LogP) is 1.62. The van der Waals surface area contributed by atoms with Crippen LogP contribution in [0.2, 0.25) is 0 Å². The van der Waals surface area contributed by atoms with Gasteiger partial charge in [-0.1, -0.05) is 0 Å². The average Bonchev–Trinajstić information content (AvgIpc) is 2.24. The lowest BCUT2D eigenvalue weighted by atomic mass is 10.3.